The van der Waals surface area contributed by atoms with Crippen molar-refractivity contribution in [1.82, 2.24) is 0 Å². The first-order valence-electron chi connectivity index (χ1n) is 17.9. The molecule has 0 aromatic heterocycles. The van der Waals surface area contributed by atoms with E-state index in [2.05, 4.69) is 0 Å². The van der Waals surface area contributed by atoms with Crippen LogP contribution in [0.4, 0.5) is 0 Å². The number of fused-ring (bicyclic) bond motifs is 8. The van der Waals surface area contributed by atoms with Crippen molar-refractivity contribution >= 4 is 0 Å². The summed E-state index contributed by atoms with van der Waals surface area (Å²) in [6.45, 7) is 0. The maximum absolute atomic E-state index is 1.75. The lowest BCUT2D eigenvalue weighted by atomic mass is 9.28. The molecular formula is C36H54. The molecule has 0 aromatic carbocycles. The number of rotatable bonds is 0. The van der Waals surface area contributed by atoms with Gasteiger partial charge in [-0.2, -0.15) is 0 Å². The molecule has 16 unspecified atom stereocenters. The van der Waals surface area contributed by atoms with Crippen LogP contribution in [0.25, 0.3) is 0 Å². The van der Waals surface area contributed by atoms with E-state index >= 15 is 0 Å². The normalized spacial score (nSPS) is 66.0. The van der Waals surface area contributed by atoms with E-state index in [0.29, 0.717) is 0 Å². The summed E-state index contributed by atoms with van der Waals surface area (Å²) >= 11 is 0. The van der Waals surface area contributed by atoms with Gasteiger partial charge in [-0.1, -0.05) is 44.9 Å². The van der Waals surface area contributed by atoms with Gasteiger partial charge in [0, 0.05) is 0 Å². The Morgan fingerprint density at radius 2 is 0.472 bits per heavy atom. The average molecular weight is 487 g/mol. The van der Waals surface area contributed by atoms with Crippen LogP contribution in [0.15, 0.2) is 0 Å². The molecule has 0 aromatic rings. The van der Waals surface area contributed by atoms with Crippen molar-refractivity contribution < 1.29 is 0 Å². The Balaban J connectivity index is 1.17. The fraction of sp³-hybridized carbons (Fsp3) is 1.00. The summed E-state index contributed by atoms with van der Waals surface area (Å²) in [5.74, 6) is 21.4. The van der Waals surface area contributed by atoms with Crippen LogP contribution in [0.3, 0.4) is 0 Å². The minimum absolute atomic E-state index is 1.17. The molecular weight excluding hydrogens is 432 g/mol. The second-order valence-electron chi connectivity index (χ2n) is 17.0. The van der Waals surface area contributed by atoms with Crippen molar-refractivity contribution in [3.8, 4) is 0 Å². The topological polar surface area (TPSA) is 0 Å². The molecule has 0 bridgehead atoms. The molecule has 0 amide bonds. The lowest BCUT2D eigenvalue weighted by Crippen LogP contribution is -2.71. The summed E-state index contributed by atoms with van der Waals surface area (Å²) in [4.78, 5) is 0. The third-order valence-electron chi connectivity index (χ3n) is 17.0. The summed E-state index contributed by atoms with van der Waals surface area (Å²) in [5, 5.41) is 0. The van der Waals surface area contributed by atoms with Crippen molar-refractivity contribution in [2.45, 2.75) is 116 Å². The van der Waals surface area contributed by atoms with Crippen LogP contribution in [0.2, 0.25) is 0 Å². The summed E-state index contributed by atoms with van der Waals surface area (Å²) in [5.41, 5.74) is 0. The Labute approximate surface area is 221 Å². The van der Waals surface area contributed by atoms with E-state index in [0.717, 1.165) is 0 Å². The lowest BCUT2D eigenvalue weighted by molar-refractivity contribution is -0.286. The molecule has 0 heteroatoms. The van der Waals surface area contributed by atoms with Gasteiger partial charge in [0.05, 0.1) is 0 Å². The molecule has 10 aliphatic carbocycles. The Kier molecular flexibility index (Phi) is 4.72. The van der Waals surface area contributed by atoms with Crippen LogP contribution in [0.5, 0.6) is 0 Å². The minimum atomic E-state index is 1.17. The molecule has 0 spiro atoms. The SMILES string of the molecule is C1CCC2C(C1)C1CCCC3C4CCCC5C6CCCC7C8CCCCC8C8CC2C(C13)C(C45)C8C76. The van der Waals surface area contributed by atoms with Gasteiger partial charge in [0.2, 0.25) is 0 Å². The quantitative estimate of drug-likeness (QED) is 0.320. The van der Waals surface area contributed by atoms with Crippen molar-refractivity contribution in [1.29, 1.82) is 0 Å². The van der Waals surface area contributed by atoms with Crippen molar-refractivity contribution in [2.24, 2.45) is 107 Å². The van der Waals surface area contributed by atoms with Crippen LogP contribution in [0, 0.1) is 107 Å². The van der Waals surface area contributed by atoms with E-state index in [4.69, 9.17) is 0 Å². The third kappa shape index (κ3) is 2.57. The smallest absolute Gasteiger partial charge is 0.0312 e. The Morgan fingerprint density at radius 1 is 0.194 bits per heavy atom. The van der Waals surface area contributed by atoms with Crippen LogP contribution in [-0.4, -0.2) is 0 Å². The highest BCUT2D eigenvalue weighted by Gasteiger charge is 2.72. The Bertz CT molecular complexity index is 820. The first kappa shape index (κ1) is 21.8. The summed E-state index contributed by atoms with van der Waals surface area (Å²) in [6, 6.07) is 0. The average Bonchev–Trinajstić information content (AvgIpc) is 2.95. The van der Waals surface area contributed by atoms with Gasteiger partial charge in [-0.05, 0) is 177 Å². The van der Waals surface area contributed by atoms with E-state index in [1.54, 1.807) is 116 Å². The molecule has 10 rings (SSSR count). The summed E-state index contributed by atoms with van der Waals surface area (Å²) < 4.78 is 0. The predicted octanol–water partition coefficient (Wildman–Crippen LogP) is 9.24. The maximum Gasteiger partial charge on any atom is -0.0312 e. The highest BCUT2D eigenvalue weighted by Crippen LogP contribution is 2.78. The van der Waals surface area contributed by atoms with E-state index in [-0.39, 0.29) is 0 Å². The number of hydrogen-bond acceptors (Lipinski definition) is 0. The standard InChI is InChI=1S/C36H54/c1-3-10-21-19(8-1)23-12-5-14-25-27-16-7-17-28-26-15-6-13-24-20-9-2-4-11-22(20)30-18-29(21)34(31(23)25)36(33(27)28)35(30)32(24)26/h19-36H,1-18H2. The van der Waals surface area contributed by atoms with Gasteiger partial charge in [0.25, 0.3) is 0 Å². The first-order valence-corrected chi connectivity index (χ1v) is 17.9. The van der Waals surface area contributed by atoms with E-state index in [9.17, 15) is 0 Å². The highest BCUT2D eigenvalue weighted by molar-refractivity contribution is 5.20. The molecule has 10 fully saturated rings. The second kappa shape index (κ2) is 7.80. The third-order valence-corrected chi connectivity index (χ3v) is 17.0. The van der Waals surface area contributed by atoms with Gasteiger partial charge in [0.1, 0.15) is 0 Å². The van der Waals surface area contributed by atoms with Gasteiger partial charge in [-0.15, -0.1) is 0 Å². The molecule has 0 N–H and O–H groups in total. The molecule has 10 saturated carbocycles. The second-order valence-corrected chi connectivity index (χ2v) is 17.0. The first-order chi connectivity index (χ1) is 17.9. The van der Waals surface area contributed by atoms with Gasteiger partial charge in [0.15, 0.2) is 0 Å². The zero-order valence-electron chi connectivity index (χ0n) is 23.1. The van der Waals surface area contributed by atoms with Crippen molar-refractivity contribution in [3.05, 3.63) is 0 Å². The van der Waals surface area contributed by atoms with Crippen LogP contribution >= 0.6 is 0 Å². The predicted molar refractivity (Wildman–Crippen MR) is 146 cm³/mol. The molecule has 10 aliphatic rings. The molecule has 16 atom stereocenters. The van der Waals surface area contributed by atoms with Crippen molar-refractivity contribution in [2.75, 3.05) is 0 Å². The van der Waals surface area contributed by atoms with E-state index < -0.39 is 0 Å². The number of hydrogen-bond donors (Lipinski definition) is 0. The van der Waals surface area contributed by atoms with Crippen LogP contribution in [0.1, 0.15) is 116 Å². The Morgan fingerprint density at radius 3 is 0.861 bits per heavy atom. The molecule has 0 nitrogen and oxygen atoms in total. The molecule has 198 valence electrons. The van der Waals surface area contributed by atoms with Gasteiger partial charge < -0.3 is 0 Å². The van der Waals surface area contributed by atoms with Gasteiger partial charge >= 0.3 is 0 Å². The summed E-state index contributed by atoms with van der Waals surface area (Å²) in [7, 11) is 0. The molecule has 0 radical (unpaired) electrons. The van der Waals surface area contributed by atoms with E-state index in [1.165, 1.54) is 107 Å². The highest BCUT2D eigenvalue weighted by atomic mass is 14.8. The zero-order valence-corrected chi connectivity index (χ0v) is 23.1. The molecule has 0 saturated heterocycles. The monoisotopic (exact) mass is 486 g/mol. The van der Waals surface area contributed by atoms with Crippen molar-refractivity contribution in [3.63, 3.8) is 0 Å². The fourth-order valence-electron chi connectivity index (χ4n) is 17.1. The minimum Gasteiger partial charge on any atom is -0.0530 e. The van der Waals surface area contributed by atoms with E-state index in [1.807, 2.05) is 0 Å². The van der Waals surface area contributed by atoms with Gasteiger partial charge in [-0.25, -0.2) is 0 Å². The molecule has 0 heterocycles. The largest absolute Gasteiger partial charge is 0.0530 e. The van der Waals surface area contributed by atoms with Crippen LogP contribution < -0.4 is 0 Å². The van der Waals surface area contributed by atoms with Crippen LogP contribution in [-0.2, 0) is 0 Å². The van der Waals surface area contributed by atoms with Gasteiger partial charge in [-0.3, -0.25) is 0 Å². The maximum atomic E-state index is 1.75. The zero-order chi connectivity index (χ0) is 23.1. The summed E-state index contributed by atoms with van der Waals surface area (Å²) in [6.07, 6.45) is 29.6. The fourth-order valence-corrected chi connectivity index (χ4v) is 17.1. The molecule has 36 heavy (non-hydrogen) atoms. The molecule has 0 aliphatic heterocycles. The Hall–Kier alpha value is 0. The lowest BCUT2D eigenvalue weighted by Gasteiger charge is -2.76.